The maximum atomic E-state index is 11.5. The van der Waals surface area contributed by atoms with Crippen molar-refractivity contribution in [1.82, 2.24) is 4.90 Å². The molecule has 1 unspecified atom stereocenters. The number of fused-ring (bicyclic) bond motifs is 1. The van der Waals surface area contributed by atoms with Crippen molar-refractivity contribution in [3.8, 4) is 0 Å². The largest absolute Gasteiger partial charge is 0.505 e. The molecule has 0 aromatic heterocycles. The molecular weight excluding hydrogens is 396 g/mol. The Balaban J connectivity index is 1.81. The van der Waals surface area contributed by atoms with Gasteiger partial charge in [-0.2, -0.15) is 0 Å². The number of allylic oxidation sites excluding steroid dienone is 1. The molecule has 1 aliphatic rings. The molecule has 31 heavy (non-hydrogen) atoms. The lowest BCUT2D eigenvalue weighted by Gasteiger charge is -2.26. The molecule has 164 valence electrons. The zero-order valence-corrected chi connectivity index (χ0v) is 17.7. The quantitative estimate of drug-likeness (QED) is 0.238. The normalized spacial score (nSPS) is 15.4. The molecule has 0 bridgehead atoms. The van der Waals surface area contributed by atoms with Crippen molar-refractivity contribution in [2.75, 3.05) is 37.9 Å². The summed E-state index contributed by atoms with van der Waals surface area (Å²) < 4.78 is 5.32. The number of carbonyl (C=O) groups excluding carboxylic acids is 1. The Labute approximate surface area is 181 Å². The van der Waals surface area contributed by atoms with Crippen LogP contribution in [0.4, 0.5) is 11.4 Å². The molecule has 2 aromatic carbocycles. The van der Waals surface area contributed by atoms with Gasteiger partial charge < -0.3 is 36.2 Å². The van der Waals surface area contributed by atoms with E-state index in [4.69, 9.17) is 15.6 Å². The summed E-state index contributed by atoms with van der Waals surface area (Å²) >= 11 is 0. The molecule has 0 radical (unpaired) electrons. The van der Waals surface area contributed by atoms with Crippen LogP contribution in [0.5, 0.6) is 0 Å². The molecule has 0 fully saturated rings. The summed E-state index contributed by atoms with van der Waals surface area (Å²) in [5, 5.41) is 26.4. The summed E-state index contributed by atoms with van der Waals surface area (Å²) in [6, 6.07) is 12.6. The molecule has 1 amide bonds. The average molecular weight is 425 g/mol. The number of hydrogen-bond acceptors (Lipinski definition) is 7. The van der Waals surface area contributed by atoms with E-state index >= 15 is 0 Å². The van der Waals surface area contributed by atoms with Crippen LogP contribution >= 0.6 is 0 Å². The van der Waals surface area contributed by atoms with Crippen LogP contribution in [0.3, 0.4) is 0 Å². The minimum absolute atomic E-state index is 0.0161. The molecule has 8 nitrogen and oxygen atoms in total. The van der Waals surface area contributed by atoms with Crippen LogP contribution < -0.4 is 16.4 Å². The molecule has 0 saturated heterocycles. The van der Waals surface area contributed by atoms with Crippen molar-refractivity contribution >= 4 is 22.9 Å². The third kappa shape index (κ3) is 4.99. The number of rotatable bonds is 9. The van der Waals surface area contributed by atoms with Crippen molar-refractivity contribution in [1.29, 1.82) is 0 Å². The van der Waals surface area contributed by atoms with E-state index in [2.05, 4.69) is 17.2 Å². The molecule has 3 rings (SSSR count). The molecular formula is C23H28N4O4. The lowest BCUT2D eigenvalue weighted by atomic mass is 10.0. The highest BCUT2D eigenvalue weighted by molar-refractivity contribution is 5.95. The molecule has 0 spiro atoms. The fraction of sp³-hybridized carbons (Fsp3) is 0.261. The van der Waals surface area contributed by atoms with Crippen LogP contribution in [0.25, 0.3) is 5.57 Å². The Bertz CT molecular complexity index is 999. The summed E-state index contributed by atoms with van der Waals surface area (Å²) in [6.45, 7) is 4.75. The average Bonchev–Trinajstić information content (AvgIpc) is 3.16. The molecule has 2 aromatic rings. The fourth-order valence-electron chi connectivity index (χ4n) is 3.38. The number of likely N-dealkylation sites (N-methyl/N-ethyl adjacent to an activating group) is 1. The molecule has 1 atom stereocenters. The zero-order valence-electron chi connectivity index (χ0n) is 17.7. The third-order valence-corrected chi connectivity index (χ3v) is 4.99. The van der Waals surface area contributed by atoms with Gasteiger partial charge in [-0.25, -0.2) is 0 Å². The Morgan fingerprint density at radius 3 is 2.39 bits per heavy atom. The second-order valence-corrected chi connectivity index (χ2v) is 7.43. The smallest absolute Gasteiger partial charge is 0.248 e. The number of nitrogens with one attached hydrogen (secondary N) is 2. The minimum atomic E-state index is -0.502. The van der Waals surface area contributed by atoms with Gasteiger partial charge in [-0.1, -0.05) is 30.8 Å². The van der Waals surface area contributed by atoms with E-state index in [1.165, 1.54) is 0 Å². The van der Waals surface area contributed by atoms with E-state index in [1.54, 1.807) is 18.2 Å². The molecule has 1 heterocycles. The predicted molar refractivity (Wildman–Crippen MR) is 122 cm³/mol. The Kier molecular flexibility index (Phi) is 6.84. The number of benzene rings is 2. The summed E-state index contributed by atoms with van der Waals surface area (Å²) in [5.41, 5.74) is 10.1. The monoisotopic (exact) mass is 424 g/mol. The number of ether oxygens (including phenoxy) is 1. The van der Waals surface area contributed by atoms with Gasteiger partial charge in [0.1, 0.15) is 11.9 Å². The van der Waals surface area contributed by atoms with Crippen molar-refractivity contribution in [3.05, 3.63) is 77.2 Å². The Morgan fingerprint density at radius 1 is 1.13 bits per heavy atom. The highest BCUT2D eigenvalue weighted by Crippen LogP contribution is 2.34. The van der Waals surface area contributed by atoms with Gasteiger partial charge >= 0.3 is 0 Å². The molecule has 0 saturated carbocycles. The summed E-state index contributed by atoms with van der Waals surface area (Å²) in [5.74, 6) is -0.458. The molecule has 8 heteroatoms. The van der Waals surface area contributed by atoms with Gasteiger partial charge in [0.25, 0.3) is 0 Å². The van der Waals surface area contributed by atoms with E-state index in [0.717, 1.165) is 22.5 Å². The van der Waals surface area contributed by atoms with Crippen molar-refractivity contribution in [2.45, 2.75) is 12.8 Å². The molecule has 0 aliphatic carbocycles. The topological polar surface area (TPSA) is 120 Å². The summed E-state index contributed by atoms with van der Waals surface area (Å²) in [4.78, 5) is 13.3. The highest BCUT2D eigenvalue weighted by atomic mass is 16.5. The van der Waals surface area contributed by atoms with Gasteiger partial charge in [0.2, 0.25) is 5.91 Å². The summed E-state index contributed by atoms with van der Waals surface area (Å²) in [6.07, 6.45) is -0.420. The van der Waals surface area contributed by atoms with Gasteiger partial charge in [0.15, 0.2) is 0 Å². The number of amides is 1. The first-order valence-electron chi connectivity index (χ1n) is 9.86. The number of aliphatic hydroxyl groups is 2. The SMILES string of the molecule is C=C(/C(O)=C(/C1Nc2ccc(C(N)=O)cc2N1)N(C)C)c1ccc(COCCO)cc1. The maximum absolute atomic E-state index is 11.5. The van der Waals surface area contributed by atoms with E-state index < -0.39 is 12.1 Å². The first-order valence-corrected chi connectivity index (χ1v) is 9.86. The Hall–Kier alpha value is -3.49. The second-order valence-electron chi connectivity index (χ2n) is 7.43. The van der Waals surface area contributed by atoms with Crippen molar-refractivity contribution in [3.63, 3.8) is 0 Å². The lowest BCUT2D eigenvalue weighted by Crippen LogP contribution is -2.34. The van der Waals surface area contributed by atoms with Crippen LogP contribution in [-0.2, 0) is 11.3 Å². The zero-order chi connectivity index (χ0) is 22.5. The fourth-order valence-corrected chi connectivity index (χ4v) is 3.38. The number of hydrogen-bond donors (Lipinski definition) is 5. The third-order valence-electron chi connectivity index (χ3n) is 4.99. The Morgan fingerprint density at radius 2 is 1.77 bits per heavy atom. The number of nitrogens with two attached hydrogens (primary N) is 1. The van der Waals surface area contributed by atoms with E-state index in [1.807, 2.05) is 43.3 Å². The summed E-state index contributed by atoms with van der Waals surface area (Å²) in [7, 11) is 3.67. The van der Waals surface area contributed by atoms with Crippen LogP contribution in [-0.4, -0.2) is 54.5 Å². The number of carbonyl (C=O) groups is 1. The highest BCUT2D eigenvalue weighted by Gasteiger charge is 2.28. The first-order chi connectivity index (χ1) is 14.8. The number of aliphatic hydroxyl groups excluding tert-OH is 2. The van der Waals surface area contributed by atoms with E-state index in [9.17, 15) is 9.90 Å². The van der Waals surface area contributed by atoms with Gasteiger partial charge in [0, 0.05) is 25.2 Å². The lowest BCUT2D eigenvalue weighted by molar-refractivity contribution is 0.0815. The minimum Gasteiger partial charge on any atom is -0.505 e. The number of nitrogens with zero attached hydrogens (tertiary/aromatic N) is 1. The number of primary amides is 1. The van der Waals surface area contributed by atoms with Crippen LogP contribution in [0, 0.1) is 0 Å². The van der Waals surface area contributed by atoms with E-state index in [-0.39, 0.29) is 19.0 Å². The molecule has 6 N–H and O–H groups in total. The van der Waals surface area contributed by atoms with Crippen LogP contribution in [0.1, 0.15) is 21.5 Å². The van der Waals surface area contributed by atoms with E-state index in [0.29, 0.717) is 23.4 Å². The number of anilines is 2. The van der Waals surface area contributed by atoms with Crippen LogP contribution in [0.2, 0.25) is 0 Å². The molecule has 1 aliphatic heterocycles. The van der Waals surface area contributed by atoms with Gasteiger partial charge in [-0.15, -0.1) is 0 Å². The van der Waals surface area contributed by atoms with Crippen LogP contribution in [0.15, 0.2) is 60.5 Å². The first kappa shape index (κ1) is 22.2. The van der Waals surface area contributed by atoms with Crippen molar-refractivity contribution in [2.24, 2.45) is 5.73 Å². The maximum Gasteiger partial charge on any atom is 0.248 e. The van der Waals surface area contributed by atoms with Gasteiger partial charge in [0.05, 0.1) is 36.9 Å². The van der Waals surface area contributed by atoms with Gasteiger partial charge in [-0.3, -0.25) is 4.79 Å². The standard InChI is InChI=1S/C23H28N4O4/c1-14(16-6-4-15(5-7-16)13-31-11-10-28)21(29)20(27(2)3)23-25-18-9-8-17(22(24)30)12-19(18)26-23/h4-9,12,23,25-26,28-29H,1,10-11,13H2,2-3H3,(H2,24,30)/b21-20+. The second kappa shape index (κ2) is 9.55. The predicted octanol–water partition coefficient (Wildman–Crippen LogP) is 2.50. The van der Waals surface area contributed by atoms with Crippen molar-refractivity contribution < 1.29 is 19.7 Å². The van der Waals surface area contributed by atoms with Gasteiger partial charge in [-0.05, 0) is 29.3 Å².